The molecule has 1 amide bonds. The second-order valence-corrected chi connectivity index (χ2v) is 5.82. The summed E-state index contributed by atoms with van der Waals surface area (Å²) in [6.07, 6.45) is 0.597. The molecule has 2 aromatic carbocycles. The Morgan fingerprint density at radius 2 is 1.29 bits per heavy atom. The number of amides is 1. The molecule has 110 valence electrons. The fourth-order valence-electron chi connectivity index (χ4n) is 2.32. The molecule has 0 aliphatic carbocycles. The molecule has 0 aliphatic rings. The minimum absolute atomic E-state index is 0.220. The Balaban J connectivity index is 2.12. The van der Waals surface area contributed by atoms with E-state index in [1.807, 2.05) is 41.3 Å². The smallest absolute Gasteiger partial charge is 0.223 e. The fraction of sp³-hybridized carbons (Fsp3) is 0.316. The zero-order chi connectivity index (χ0) is 15.1. The highest BCUT2D eigenvalue weighted by Gasteiger charge is 2.15. The van der Waals surface area contributed by atoms with Crippen molar-refractivity contribution in [1.82, 2.24) is 4.90 Å². The van der Waals surface area contributed by atoms with Crippen LogP contribution in [0.3, 0.4) is 0 Å². The first-order valence-corrected chi connectivity index (χ1v) is 7.51. The molecule has 0 spiro atoms. The van der Waals surface area contributed by atoms with Gasteiger partial charge in [0.05, 0.1) is 0 Å². The summed E-state index contributed by atoms with van der Waals surface area (Å²) in [4.78, 5) is 14.4. The van der Waals surface area contributed by atoms with E-state index in [-0.39, 0.29) is 5.91 Å². The number of rotatable bonds is 6. The lowest BCUT2D eigenvalue weighted by atomic mass is 10.1. The van der Waals surface area contributed by atoms with E-state index in [0.29, 0.717) is 25.4 Å². The van der Waals surface area contributed by atoms with E-state index < -0.39 is 0 Å². The molecule has 2 rings (SSSR count). The average molecular weight is 281 g/mol. The van der Waals surface area contributed by atoms with Gasteiger partial charge in [-0.15, -0.1) is 0 Å². The Bertz CT molecular complexity index is 507. The molecular weight excluding hydrogens is 258 g/mol. The Labute approximate surface area is 127 Å². The summed E-state index contributed by atoms with van der Waals surface area (Å²) in [5, 5.41) is 0. The van der Waals surface area contributed by atoms with Crippen LogP contribution < -0.4 is 0 Å². The van der Waals surface area contributed by atoms with Crippen molar-refractivity contribution >= 4 is 5.91 Å². The quantitative estimate of drug-likeness (QED) is 0.774. The molecule has 0 aromatic heterocycles. The summed E-state index contributed by atoms with van der Waals surface area (Å²) in [5.41, 5.74) is 2.34. The highest BCUT2D eigenvalue weighted by atomic mass is 16.2. The van der Waals surface area contributed by atoms with Crippen molar-refractivity contribution in [3.05, 3.63) is 71.8 Å². The maximum absolute atomic E-state index is 12.5. The summed E-state index contributed by atoms with van der Waals surface area (Å²) in [5.74, 6) is 0.601. The summed E-state index contributed by atoms with van der Waals surface area (Å²) < 4.78 is 0. The van der Waals surface area contributed by atoms with Crippen molar-refractivity contribution in [2.24, 2.45) is 5.92 Å². The third-order valence-electron chi connectivity index (χ3n) is 3.37. The molecule has 2 nitrogen and oxygen atoms in total. The van der Waals surface area contributed by atoms with Crippen LogP contribution in [0.5, 0.6) is 0 Å². The minimum atomic E-state index is 0.220. The normalized spacial score (nSPS) is 10.6. The van der Waals surface area contributed by atoms with E-state index in [1.54, 1.807) is 0 Å². The molecule has 21 heavy (non-hydrogen) atoms. The Morgan fingerprint density at radius 1 is 0.857 bits per heavy atom. The standard InChI is InChI=1S/C19H23NO/c1-16(2)13-19(21)20(14-17-9-5-3-6-10-17)15-18-11-7-4-8-12-18/h3-12,16H,13-15H2,1-2H3. The van der Waals surface area contributed by atoms with Crippen molar-refractivity contribution in [3.63, 3.8) is 0 Å². The van der Waals surface area contributed by atoms with Crippen LogP contribution in [0.4, 0.5) is 0 Å². The van der Waals surface area contributed by atoms with Crippen molar-refractivity contribution in [2.75, 3.05) is 0 Å². The van der Waals surface area contributed by atoms with Crippen LogP contribution >= 0.6 is 0 Å². The average Bonchev–Trinajstić information content (AvgIpc) is 2.48. The van der Waals surface area contributed by atoms with Gasteiger partial charge >= 0.3 is 0 Å². The van der Waals surface area contributed by atoms with Crippen molar-refractivity contribution in [2.45, 2.75) is 33.4 Å². The molecule has 0 unspecified atom stereocenters. The molecule has 0 fully saturated rings. The fourth-order valence-corrected chi connectivity index (χ4v) is 2.32. The molecule has 0 atom stereocenters. The molecule has 0 N–H and O–H groups in total. The van der Waals surface area contributed by atoms with E-state index in [1.165, 1.54) is 11.1 Å². The highest BCUT2D eigenvalue weighted by Crippen LogP contribution is 2.13. The number of hydrogen-bond acceptors (Lipinski definition) is 1. The first-order chi connectivity index (χ1) is 10.1. The summed E-state index contributed by atoms with van der Waals surface area (Å²) in [6, 6.07) is 20.3. The lowest BCUT2D eigenvalue weighted by Gasteiger charge is -2.24. The van der Waals surface area contributed by atoms with Gasteiger partial charge in [0.25, 0.3) is 0 Å². The molecular formula is C19H23NO. The van der Waals surface area contributed by atoms with Gasteiger partial charge in [0.15, 0.2) is 0 Å². The van der Waals surface area contributed by atoms with Gasteiger partial charge in [-0.05, 0) is 17.0 Å². The Hall–Kier alpha value is -2.09. The molecule has 0 saturated carbocycles. The molecule has 0 heterocycles. The molecule has 2 heteroatoms. The number of nitrogens with zero attached hydrogens (tertiary/aromatic N) is 1. The largest absolute Gasteiger partial charge is 0.334 e. The maximum Gasteiger partial charge on any atom is 0.223 e. The van der Waals surface area contributed by atoms with Gasteiger partial charge < -0.3 is 4.90 Å². The second-order valence-electron chi connectivity index (χ2n) is 5.82. The summed E-state index contributed by atoms with van der Waals surface area (Å²) in [6.45, 7) is 5.50. The van der Waals surface area contributed by atoms with Gasteiger partial charge in [0.2, 0.25) is 5.91 Å². The summed E-state index contributed by atoms with van der Waals surface area (Å²) >= 11 is 0. The van der Waals surface area contributed by atoms with E-state index >= 15 is 0 Å². The minimum Gasteiger partial charge on any atom is -0.334 e. The lowest BCUT2D eigenvalue weighted by molar-refractivity contribution is -0.133. The molecule has 0 aliphatic heterocycles. The third kappa shape index (κ3) is 5.07. The number of benzene rings is 2. The van der Waals surface area contributed by atoms with Crippen LogP contribution in [0.1, 0.15) is 31.4 Å². The van der Waals surface area contributed by atoms with Crippen molar-refractivity contribution in [1.29, 1.82) is 0 Å². The van der Waals surface area contributed by atoms with Gasteiger partial charge in [-0.1, -0.05) is 74.5 Å². The molecule has 0 radical (unpaired) electrons. The predicted octanol–water partition coefficient (Wildman–Crippen LogP) is 4.26. The first-order valence-electron chi connectivity index (χ1n) is 7.51. The highest BCUT2D eigenvalue weighted by molar-refractivity contribution is 5.76. The van der Waals surface area contributed by atoms with Crippen LogP contribution in [0.2, 0.25) is 0 Å². The first kappa shape index (κ1) is 15.3. The molecule has 2 aromatic rings. The predicted molar refractivity (Wildman–Crippen MR) is 86.6 cm³/mol. The molecule has 0 saturated heterocycles. The zero-order valence-electron chi connectivity index (χ0n) is 12.8. The van der Waals surface area contributed by atoms with E-state index in [4.69, 9.17) is 0 Å². The zero-order valence-corrected chi connectivity index (χ0v) is 12.8. The second kappa shape index (κ2) is 7.63. The topological polar surface area (TPSA) is 20.3 Å². The molecule has 0 bridgehead atoms. The third-order valence-corrected chi connectivity index (χ3v) is 3.37. The van der Waals surface area contributed by atoms with E-state index in [9.17, 15) is 4.79 Å². The van der Waals surface area contributed by atoms with Crippen LogP contribution in [0.15, 0.2) is 60.7 Å². The summed E-state index contributed by atoms with van der Waals surface area (Å²) in [7, 11) is 0. The van der Waals surface area contributed by atoms with Gasteiger partial charge in [0.1, 0.15) is 0 Å². The van der Waals surface area contributed by atoms with Crippen LogP contribution in [0, 0.1) is 5.92 Å². The SMILES string of the molecule is CC(C)CC(=O)N(Cc1ccccc1)Cc1ccccc1. The van der Waals surface area contributed by atoms with Gasteiger partial charge in [-0.2, -0.15) is 0 Å². The van der Waals surface area contributed by atoms with Gasteiger partial charge in [0, 0.05) is 19.5 Å². The number of carbonyl (C=O) groups is 1. The van der Waals surface area contributed by atoms with Crippen LogP contribution in [-0.4, -0.2) is 10.8 Å². The Morgan fingerprint density at radius 3 is 1.67 bits per heavy atom. The van der Waals surface area contributed by atoms with Crippen molar-refractivity contribution in [3.8, 4) is 0 Å². The lowest BCUT2D eigenvalue weighted by Crippen LogP contribution is -2.30. The van der Waals surface area contributed by atoms with Crippen molar-refractivity contribution < 1.29 is 4.79 Å². The van der Waals surface area contributed by atoms with Gasteiger partial charge in [-0.25, -0.2) is 0 Å². The van der Waals surface area contributed by atoms with Crippen LogP contribution in [-0.2, 0) is 17.9 Å². The monoisotopic (exact) mass is 281 g/mol. The maximum atomic E-state index is 12.5. The van der Waals surface area contributed by atoms with E-state index in [0.717, 1.165) is 0 Å². The van der Waals surface area contributed by atoms with Crippen LogP contribution in [0.25, 0.3) is 0 Å². The van der Waals surface area contributed by atoms with Gasteiger partial charge in [-0.3, -0.25) is 4.79 Å². The number of hydrogen-bond donors (Lipinski definition) is 0. The van der Waals surface area contributed by atoms with E-state index in [2.05, 4.69) is 38.1 Å². The number of carbonyl (C=O) groups excluding carboxylic acids is 1. The Kier molecular flexibility index (Phi) is 5.56.